The first-order chi connectivity index (χ1) is 5.09. The summed E-state index contributed by atoms with van der Waals surface area (Å²) in [4.78, 5) is 10.4. The Morgan fingerprint density at radius 1 is 1.36 bits per heavy atom. The molecule has 1 saturated heterocycles. The van der Waals surface area contributed by atoms with Gasteiger partial charge in [-0.1, -0.05) is 6.08 Å². The Bertz CT molecular complexity index is 156. The van der Waals surface area contributed by atoms with Gasteiger partial charge in [-0.2, -0.15) is 0 Å². The van der Waals surface area contributed by atoms with Crippen LogP contribution in [0.4, 0.5) is 0 Å². The van der Waals surface area contributed by atoms with E-state index in [9.17, 15) is 4.79 Å². The molecular weight excluding hydrogens is 144 g/mol. The van der Waals surface area contributed by atoms with E-state index in [0.29, 0.717) is 0 Å². The molecular formula is C8H12O3. The summed E-state index contributed by atoms with van der Waals surface area (Å²) in [6, 6.07) is 0. The van der Waals surface area contributed by atoms with Crippen LogP contribution in [0.3, 0.4) is 0 Å². The van der Waals surface area contributed by atoms with Crippen molar-refractivity contribution in [2.75, 3.05) is 0 Å². The maximum Gasteiger partial charge on any atom is 0.164 e. The molecule has 0 amide bonds. The lowest BCUT2D eigenvalue weighted by atomic mass is 10.2. The molecule has 0 aromatic rings. The van der Waals surface area contributed by atoms with Crippen molar-refractivity contribution in [2.45, 2.75) is 31.8 Å². The second-order valence-electron chi connectivity index (χ2n) is 2.94. The first-order valence-electron chi connectivity index (χ1n) is 3.52. The second kappa shape index (κ2) is 2.75. The Kier molecular flexibility index (Phi) is 2.11. The predicted octanol–water partition coefficient (Wildman–Crippen LogP) is 0.891. The minimum atomic E-state index is -0.662. The topological polar surface area (TPSA) is 35.5 Å². The van der Waals surface area contributed by atoms with Crippen LogP contribution in [0.15, 0.2) is 12.7 Å². The highest BCUT2D eigenvalue weighted by Crippen LogP contribution is 2.27. The zero-order valence-corrected chi connectivity index (χ0v) is 6.74. The van der Waals surface area contributed by atoms with E-state index in [-0.39, 0.29) is 6.10 Å². The molecule has 0 bridgehead atoms. The maximum absolute atomic E-state index is 10.4. The van der Waals surface area contributed by atoms with Crippen LogP contribution < -0.4 is 0 Å². The van der Waals surface area contributed by atoms with Gasteiger partial charge >= 0.3 is 0 Å². The Labute approximate surface area is 66.0 Å². The summed E-state index contributed by atoms with van der Waals surface area (Å²) in [6.07, 6.45) is 1.51. The van der Waals surface area contributed by atoms with Crippen molar-refractivity contribution < 1.29 is 14.3 Å². The van der Waals surface area contributed by atoms with Crippen LogP contribution in [0.5, 0.6) is 0 Å². The SMILES string of the molecule is C=CC1OC(C)(C)O[C@@H]1C=O. The molecule has 0 saturated carbocycles. The van der Waals surface area contributed by atoms with Crippen LogP contribution in [-0.2, 0) is 14.3 Å². The van der Waals surface area contributed by atoms with Gasteiger partial charge in [0.15, 0.2) is 12.1 Å². The zero-order chi connectivity index (χ0) is 8.48. The molecule has 1 aliphatic rings. The van der Waals surface area contributed by atoms with Crippen molar-refractivity contribution in [3.63, 3.8) is 0 Å². The molecule has 0 spiro atoms. The summed E-state index contributed by atoms with van der Waals surface area (Å²) < 4.78 is 10.6. The molecule has 3 heteroatoms. The van der Waals surface area contributed by atoms with Gasteiger partial charge < -0.3 is 14.3 Å². The fourth-order valence-electron chi connectivity index (χ4n) is 1.10. The minimum Gasteiger partial charge on any atom is -0.340 e. The summed E-state index contributed by atoms with van der Waals surface area (Å²) in [5.41, 5.74) is 0. The standard InChI is InChI=1S/C8H12O3/c1-4-6-7(5-9)11-8(2,3)10-6/h4-7H,1H2,2-3H3/t6?,7-/m1/s1. The molecule has 0 aliphatic carbocycles. The highest BCUT2D eigenvalue weighted by molar-refractivity contribution is 5.58. The molecule has 0 aromatic carbocycles. The third-order valence-corrected chi connectivity index (χ3v) is 1.53. The van der Waals surface area contributed by atoms with Gasteiger partial charge in [-0.05, 0) is 13.8 Å². The van der Waals surface area contributed by atoms with Crippen molar-refractivity contribution >= 4 is 6.29 Å². The lowest BCUT2D eigenvalue weighted by Gasteiger charge is -2.15. The molecule has 0 radical (unpaired) electrons. The second-order valence-corrected chi connectivity index (χ2v) is 2.94. The third-order valence-electron chi connectivity index (χ3n) is 1.53. The van der Waals surface area contributed by atoms with Gasteiger partial charge in [0, 0.05) is 0 Å². The van der Waals surface area contributed by atoms with E-state index < -0.39 is 11.9 Å². The van der Waals surface area contributed by atoms with Gasteiger partial charge in [-0.25, -0.2) is 0 Å². The summed E-state index contributed by atoms with van der Waals surface area (Å²) in [6.45, 7) is 7.08. The number of rotatable bonds is 2. The van der Waals surface area contributed by atoms with E-state index in [4.69, 9.17) is 9.47 Å². The fraction of sp³-hybridized carbons (Fsp3) is 0.625. The molecule has 3 nitrogen and oxygen atoms in total. The predicted molar refractivity (Wildman–Crippen MR) is 40.1 cm³/mol. The van der Waals surface area contributed by atoms with E-state index in [1.807, 2.05) is 0 Å². The first-order valence-corrected chi connectivity index (χ1v) is 3.52. The van der Waals surface area contributed by atoms with E-state index >= 15 is 0 Å². The molecule has 1 fully saturated rings. The van der Waals surface area contributed by atoms with Gasteiger partial charge in [0.25, 0.3) is 0 Å². The summed E-state index contributed by atoms with van der Waals surface area (Å²) in [5, 5.41) is 0. The van der Waals surface area contributed by atoms with Crippen molar-refractivity contribution in [2.24, 2.45) is 0 Å². The Hall–Kier alpha value is -0.670. The maximum atomic E-state index is 10.4. The number of carbonyl (C=O) groups is 1. The van der Waals surface area contributed by atoms with Crippen LogP contribution >= 0.6 is 0 Å². The van der Waals surface area contributed by atoms with Gasteiger partial charge in [-0.3, -0.25) is 0 Å². The van der Waals surface area contributed by atoms with Crippen molar-refractivity contribution in [1.82, 2.24) is 0 Å². The summed E-state index contributed by atoms with van der Waals surface area (Å²) in [7, 11) is 0. The van der Waals surface area contributed by atoms with Crippen LogP contribution in [0.1, 0.15) is 13.8 Å². The zero-order valence-electron chi connectivity index (χ0n) is 6.74. The van der Waals surface area contributed by atoms with Crippen LogP contribution in [0.2, 0.25) is 0 Å². The molecule has 1 rings (SSSR count). The normalized spacial score (nSPS) is 35.1. The van der Waals surface area contributed by atoms with Crippen LogP contribution in [-0.4, -0.2) is 24.3 Å². The minimum absolute atomic E-state index is 0.303. The van der Waals surface area contributed by atoms with Crippen molar-refractivity contribution in [1.29, 1.82) is 0 Å². The Morgan fingerprint density at radius 2 is 1.91 bits per heavy atom. The third kappa shape index (κ3) is 1.67. The van der Waals surface area contributed by atoms with Gasteiger partial charge in [-0.15, -0.1) is 6.58 Å². The van der Waals surface area contributed by atoms with Gasteiger partial charge in [0.1, 0.15) is 12.2 Å². The van der Waals surface area contributed by atoms with E-state index in [1.165, 1.54) is 0 Å². The lowest BCUT2D eigenvalue weighted by molar-refractivity contribution is -0.148. The molecule has 2 atom stereocenters. The van der Waals surface area contributed by atoms with E-state index in [0.717, 1.165) is 6.29 Å². The fourth-order valence-corrected chi connectivity index (χ4v) is 1.10. The van der Waals surface area contributed by atoms with Crippen LogP contribution in [0.25, 0.3) is 0 Å². The lowest BCUT2D eigenvalue weighted by Crippen LogP contribution is -2.22. The molecule has 11 heavy (non-hydrogen) atoms. The molecule has 62 valence electrons. The number of ether oxygens (including phenoxy) is 2. The quantitative estimate of drug-likeness (QED) is 0.440. The number of hydrogen-bond donors (Lipinski definition) is 0. The van der Waals surface area contributed by atoms with E-state index in [2.05, 4.69) is 6.58 Å². The van der Waals surface area contributed by atoms with Crippen molar-refractivity contribution in [3.05, 3.63) is 12.7 Å². The highest BCUT2D eigenvalue weighted by Gasteiger charge is 2.39. The smallest absolute Gasteiger partial charge is 0.164 e. The summed E-state index contributed by atoms with van der Waals surface area (Å²) in [5.74, 6) is -0.662. The van der Waals surface area contributed by atoms with Gasteiger partial charge in [0.2, 0.25) is 0 Å². The first kappa shape index (κ1) is 8.43. The summed E-state index contributed by atoms with van der Waals surface area (Å²) >= 11 is 0. The largest absolute Gasteiger partial charge is 0.340 e. The molecule has 1 aliphatic heterocycles. The Morgan fingerprint density at radius 3 is 2.27 bits per heavy atom. The Balaban J connectivity index is 2.69. The number of aldehydes is 1. The van der Waals surface area contributed by atoms with Gasteiger partial charge in [0.05, 0.1) is 0 Å². The van der Waals surface area contributed by atoms with E-state index in [1.54, 1.807) is 19.9 Å². The average molecular weight is 156 g/mol. The molecule has 0 aromatic heterocycles. The molecule has 1 unspecified atom stereocenters. The molecule has 1 heterocycles. The number of hydrogen-bond acceptors (Lipinski definition) is 3. The van der Waals surface area contributed by atoms with Crippen molar-refractivity contribution in [3.8, 4) is 0 Å². The molecule has 0 N–H and O–H groups in total. The number of carbonyl (C=O) groups excluding carboxylic acids is 1. The average Bonchev–Trinajstić information content (AvgIpc) is 2.25. The monoisotopic (exact) mass is 156 g/mol. The van der Waals surface area contributed by atoms with Crippen LogP contribution in [0, 0.1) is 0 Å². The highest BCUT2D eigenvalue weighted by atomic mass is 16.8.